The van der Waals surface area contributed by atoms with Crippen LogP contribution in [-0.2, 0) is 0 Å². The zero-order valence-electron chi connectivity index (χ0n) is 9.40. The van der Waals surface area contributed by atoms with E-state index in [1.807, 2.05) is 12.1 Å². The Kier molecular flexibility index (Phi) is 3.15. The fourth-order valence-corrected chi connectivity index (χ4v) is 2.39. The van der Waals surface area contributed by atoms with E-state index in [1.54, 1.807) is 17.8 Å². The molecule has 82 valence electrons. The lowest BCUT2D eigenvalue weighted by Gasteiger charge is -2.06. The first kappa shape index (κ1) is 11.0. The van der Waals surface area contributed by atoms with Crippen molar-refractivity contribution in [2.24, 2.45) is 0 Å². The van der Waals surface area contributed by atoms with Gasteiger partial charge in [-0.25, -0.2) is 4.98 Å². The molecule has 0 fully saturated rings. The SMILES string of the molecule is Cc1ccc(Sc2cccc(N)n2)c(C)c1. The van der Waals surface area contributed by atoms with Crippen molar-refractivity contribution in [2.75, 3.05) is 5.73 Å². The molecule has 1 aromatic heterocycles. The highest BCUT2D eigenvalue weighted by Crippen LogP contribution is 2.29. The van der Waals surface area contributed by atoms with Gasteiger partial charge in [0.25, 0.3) is 0 Å². The van der Waals surface area contributed by atoms with Crippen LogP contribution in [0.4, 0.5) is 5.82 Å². The number of nitrogen functional groups attached to an aromatic ring is 1. The first-order valence-electron chi connectivity index (χ1n) is 5.13. The average molecular weight is 230 g/mol. The van der Waals surface area contributed by atoms with Crippen LogP contribution in [0, 0.1) is 13.8 Å². The Morgan fingerprint density at radius 3 is 2.62 bits per heavy atom. The van der Waals surface area contributed by atoms with Crippen LogP contribution in [0.2, 0.25) is 0 Å². The lowest BCUT2D eigenvalue weighted by atomic mass is 10.2. The maximum Gasteiger partial charge on any atom is 0.124 e. The van der Waals surface area contributed by atoms with Crippen LogP contribution in [0.25, 0.3) is 0 Å². The summed E-state index contributed by atoms with van der Waals surface area (Å²) in [5.41, 5.74) is 8.20. The van der Waals surface area contributed by atoms with E-state index in [-0.39, 0.29) is 0 Å². The van der Waals surface area contributed by atoms with E-state index in [1.165, 1.54) is 16.0 Å². The third kappa shape index (κ3) is 2.55. The summed E-state index contributed by atoms with van der Waals surface area (Å²) in [6, 6.07) is 12.1. The van der Waals surface area contributed by atoms with Gasteiger partial charge in [0.1, 0.15) is 10.8 Å². The summed E-state index contributed by atoms with van der Waals surface area (Å²) in [6.45, 7) is 4.21. The van der Waals surface area contributed by atoms with Gasteiger partial charge >= 0.3 is 0 Å². The molecule has 16 heavy (non-hydrogen) atoms. The third-order valence-electron chi connectivity index (χ3n) is 2.29. The normalized spacial score (nSPS) is 10.4. The molecular weight excluding hydrogens is 216 g/mol. The zero-order valence-corrected chi connectivity index (χ0v) is 10.2. The van der Waals surface area contributed by atoms with Crippen LogP contribution in [0.1, 0.15) is 11.1 Å². The Morgan fingerprint density at radius 2 is 1.94 bits per heavy atom. The molecule has 0 aliphatic carbocycles. The second kappa shape index (κ2) is 4.58. The number of nitrogens with two attached hydrogens (primary N) is 1. The van der Waals surface area contributed by atoms with E-state index in [0.717, 1.165) is 5.03 Å². The van der Waals surface area contributed by atoms with Gasteiger partial charge in [0.15, 0.2) is 0 Å². The van der Waals surface area contributed by atoms with Gasteiger partial charge in [-0.05, 0) is 37.6 Å². The van der Waals surface area contributed by atoms with Crippen molar-refractivity contribution < 1.29 is 0 Å². The number of anilines is 1. The van der Waals surface area contributed by atoms with Crippen molar-refractivity contribution in [3.8, 4) is 0 Å². The fourth-order valence-electron chi connectivity index (χ4n) is 1.51. The monoisotopic (exact) mass is 230 g/mol. The summed E-state index contributed by atoms with van der Waals surface area (Å²) in [5, 5.41) is 0.937. The zero-order chi connectivity index (χ0) is 11.5. The van der Waals surface area contributed by atoms with Crippen LogP contribution < -0.4 is 5.73 Å². The van der Waals surface area contributed by atoms with Crippen LogP contribution in [0.3, 0.4) is 0 Å². The standard InChI is InChI=1S/C13H14N2S/c1-9-6-7-11(10(2)8-9)16-13-5-3-4-12(14)15-13/h3-8H,1-2H3,(H2,14,15). The second-order valence-corrected chi connectivity index (χ2v) is 4.83. The Balaban J connectivity index is 2.27. The molecule has 0 saturated carbocycles. The molecule has 0 aliphatic rings. The summed E-state index contributed by atoms with van der Waals surface area (Å²) in [5.74, 6) is 0.565. The molecule has 0 radical (unpaired) electrons. The minimum atomic E-state index is 0.565. The molecule has 2 N–H and O–H groups in total. The summed E-state index contributed by atoms with van der Waals surface area (Å²) in [6.07, 6.45) is 0. The predicted molar refractivity (Wildman–Crippen MR) is 68.7 cm³/mol. The smallest absolute Gasteiger partial charge is 0.124 e. The molecule has 2 nitrogen and oxygen atoms in total. The molecule has 0 unspecified atom stereocenters. The number of aromatic nitrogens is 1. The highest BCUT2D eigenvalue weighted by atomic mass is 32.2. The molecule has 1 aromatic carbocycles. The number of hydrogen-bond acceptors (Lipinski definition) is 3. The minimum Gasteiger partial charge on any atom is -0.384 e. The first-order chi connectivity index (χ1) is 7.65. The summed E-state index contributed by atoms with van der Waals surface area (Å²) >= 11 is 1.65. The molecule has 0 bridgehead atoms. The molecule has 2 rings (SSSR count). The van der Waals surface area contributed by atoms with Crippen molar-refractivity contribution in [2.45, 2.75) is 23.8 Å². The highest BCUT2D eigenvalue weighted by molar-refractivity contribution is 7.99. The summed E-state index contributed by atoms with van der Waals surface area (Å²) < 4.78 is 0. The first-order valence-corrected chi connectivity index (χ1v) is 5.94. The molecule has 0 amide bonds. The maximum atomic E-state index is 5.65. The molecular formula is C13H14N2S. The topological polar surface area (TPSA) is 38.9 Å². The molecule has 0 aliphatic heterocycles. The van der Waals surface area contributed by atoms with Gasteiger partial charge in [-0.3, -0.25) is 0 Å². The summed E-state index contributed by atoms with van der Waals surface area (Å²) in [4.78, 5) is 5.50. The van der Waals surface area contributed by atoms with Crippen molar-refractivity contribution in [3.05, 3.63) is 47.5 Å². The number of aryl methyl sites for hydroxylation is 2. The molecule has 1 heterocycles. The van der Waals surface area contributed by atoms with Crippen molar-refractivity contribution >= 4 is 17.6 Å². The van der Waals surface area contributed by atoms with Crippen molar-refractivity contribution in [3.63, 3.8) is 0 Å². The van der Waals surface area contributed by atoms with Gasteiger partial charge < -0.3 is 5.73 Å². The van der Waals surface area contributed by atoms with E-state index >= 15 is 0 Å². The fraction of sp³-hybridized carbons (Fsp3) is 0.154. The molecule has 0 spiro atoms. The number of benzene rings is 1. The number of hydrogen-bond donors (Lipinski definition) is 1. The number of rotatable bonds is 2. The van der Waals surface area contributed by atoms with E-state index in [0.29, 0.717) is 5.82 Å². The van der Waals surface area contributed by atoms with Gasteiger partial charge in [0.2, 0.25) is 0 Å². The molecule has 0 atom stereocenters. The van der Waals surface area contributed by atoms with E-state index in [2.05, 4.69) is 37.0 Å². The largest absolute Gasteiger partial charge is 0.384 e. The van der Waals surface area contributed by atoms with Crippen molar-refractivity contribution in [1.82, 2.24) is 4.98 Å². The van der Waals surface area contributed by atoms with E-state index in [4.69, 9.17) is 5.73 Å². The predicted octanol–water partition coefficient (Wildman–Crippen LogP) is 3.43. The molecule has 0 saturated heterocycles. The van der Waals surface area contributed by atoms with E-state index in [9.17, 15) is 0 Å². The van der Waals surface area contributed by atoms with Gasteiger partial charge in [-0.1, -0.05) is 35.5 Å². The average Bonchev–Trinajstić information content (AvgIpc) is 2.22. The molecule has 3 heteroatoms. The Hall–Kier alpha value is -1.48. The number of nitrogens with zero attached hydrogens (tertiary/aromatic N) is 1. The quantitative estimate of drug-likeness (QED) is 0.859. The summed E-state index contributed by atoms with van der Waals surface area (Å²) in [7, 11) is 0. The van der Waals surface area contributed by atoms with Crippen LogP contribution >= 0.6 is 11.8 Å². The lowest BCUT2D eigenvalue weighted by molar-refractivity contribution is 1.14. The van der Waals surface area contributed by atoms with Gasteiger partial charge in [0.05, 0.1) is 0 Å². The second-order valence-electron chi connectivity index (χ2n) is 3.77. The van der Waals surface area contributed by atoms with Gasteiger partial charge in [-0.2, -0.15) is 0 Å². The van der Waals surface area contributed by atoms with Crippen LogP contribution in [-0.4, -0.2) is 4.98 Å². The Labute approximate surface area is 99.9 Å². The highest BCUT2D eigenvalue weighted by Gasteiger charge is 2.02. The Bertz CT molecular complexity index is 509. The van der Waals surface area contributed by atoms with Gasteiger partial charge in [0, 0.05) is 4.90 Å². The third-order valence-corrected chi connectivity index (χ3v) is 3.40. The van der Waals surface area contributed by atoms with Crippen LogP contribution in [0.5, 0.6) is 0 Å². The lowest BCUT2D eigenvalue weighted by Crippen LogP contribution is -1.90. The number of pyridine rings is 1. The molecule has 2 aromatic rings. The van der Waals surface area contributed by atoms with Crippen LogP contribution in [0.15, 0.2) is 46.3 Å². The van der Waals surface area contributed by atoms with Gasteiger partial charge in [-0.15, -0.1) is 0 Å². The van der Waals surface area contributed by atoms with E-state index < -0.39 is 0 Å². The van der Waals surface area contributed by atoms with Crippen molar-refractivity contribution in [1.29, 1.82) is 0 Å². The minimum absolute atomic E-state index is 0.565. The maximum absolute atomic E-state index is 5.65. The Morgan fingerprint density at radius 1 is 1.12 bits per heavy atom.